The van der Waals surface area contributed by atoms with E-state index in [-0.39, 0.29) is 0 Å². The zero-order chi connectivity index (χ0) is 7.82. The van der Waals surface area contributed by atoms with E-state index in [9.17, 15) is 4.79 Å². The Morgan fingerprint density at radius 3 is 2.90 bits per heavy atom. The minimum absolute atomic E-state index is 0.563. The predicted molar refractivity (Wildman–Crippen MR) is 36.0 cm³/mol. The molecule has 0 aliphatic heterocycles. The Hall–Kier alpha value is -1.31. The van der Waals surface area contributed by atoms with Crippen molar-refractivity contribution in [3.8, 4) is 0 Å². The third-order valence-corrected chi connectivity index (χ3v) is 0.934. The number of aliphatic imine (C=N–C) groups is 1. The molecule has 0 aromatic heterocycles. The molecule has 0 amide bonds. The molecule has 5 heteroatoms. The van der Waals surface area contributed by atoms with Crippen LogP contribution in [0, 0.1) is 0 Å². The molecule has 0 saturated heterocycles. The molecule has 0 aliphatic carbocycles. The fourth-order valence-corrected chi connectivity index (χ4v) is 0.527. The molecule has 0 radical (unpaired) electrons. The van der Waals surface area contributed by atoms with Gasteiger partial charge in [-0.05, 0) is 12.0 Å². The summed E-state index contributed by atoms with van der Waals surface area (Å²) in [6.07, 6.45) is 2.21. The summed E-state index contributed by atoms with van der Waals surface area (Å²) >= 11 is 0. The van der Waals surface area contributed by atoms with Gasteiger partial charge in [0.15, 0.2) is 0 Å². The second-order valence-corrected chi connectivity index (χ2v) is 1.69. The molecule has 0 heterocycles. The van der Waals surface area contributed by atoms with Gasteiger partial charge in [-0.2, -0.15) is 4.99 Å². The summed E-state index contributed by atoms with van der Waals surface area (Å²) in [5.74, 6) is 0. The van der Waals surface area contributed by atoms with Crippen LogP contribution in [0.3, 0.4) is 0 Å². The standard InChI is InChI=1S/C5H8N4O/c1-2-3-5(7-4-10)8-9-6/h5H,2-3H2,1H3. The van der Waals surface area contributed by atoms with Gasteiger partial charge in [0.1, 0.15) is 6.17 Å². The molecule has 10 heavy (non-hydrogen) atoms. The molecular weight excluding hydrogens is 132 g/mol. The lowest BCUT2D eigenvalue weighted by Gasteiger charge is -1.96. The van der Waals surface area contributed by atoms with Crippen LogP contribution in [-0.4, -0.2) is 12.2 Å². The number of hydrogen-bond acceptors (Lipinski definition) is 3. The van der Waals surface area contributed by atoms with E-state index in [1.54, 1.807) is 0 Å². The van der Waals surface area contributed by atoms with Gasteiger partial charge in [0.05, 0.1) is 0 Å². The highest BCUT2D eigenvalue weighted by molar-refractivity contribution is 5.33. The molecule has 1 atom stereocenters. The minimum Gasteiger partial charge on any atom is -0.211 e. The Morgan fingerprint density at radius 2 is 2.50 bits per heavy atom. The van der Waals surface area contributed by atoms with Crippen LogP contribution in [0.1, 0.15) is 19.8 Å². The molecule has 0 N–H and O–H groups in total. The smallest absolute Gasteiger partial charge is 0.211 e. The summed E-state index contributed by atoms with van der Waals surface area (Å²) < 4.78 is 0. The molecular formula is C5H8N4O. The fraction of sp³-hybridized carbons (Fsp3) is 0.800. The quantitative estimate of drug-likeness (QED) is 0.192. The monoisotopic (exact) mass is 140 g/mol. The van der Waals surface area contributed by atoms with E-state index in [4.69, 9.17) is 5.53 Å². The topological polar surface area (TPSA) is 78.2 Å². The summed E-state index contributed by atoms with van der Waals surface area (Å²) in [4.78, 5) is 15.5. The van der Waals surface area contributed by atoms with E-state index in [2.05, 4.69) is 15.0 Å². The highest BCUT2D eigenvalue weighted by Gasteiger charge is 1.99. The molecule has 54 valence electrons. The number of rotatable bonds is 4. The van der Waals surface area contributed by atoms with Crippen LogP contribution in [-0.2, 0) is 4.79 Å². The molecule has 0 bridgehead atoms. The second kappa shape index (κ2) is 5.82. The maximum absolute atomic E-state index is 9.69. The van der Waals surface area contributed by atoms with E-state index in [1.807, 2.05) is 6.92 Å². The Balaban J connectivity index is 3.96. The Morgan fingerprint density at radius 1 is 1.80 bits per heavy atom. The summed E-state index contributed by atoms with van der Waals surface area (Å²) in [7, 11) is 0. The van der Waals surface area contributed by atoms with Crippen molar-refractivity contribution in [3.63, 3.8) is 0 Å². The van der Waals surface area contributed by atoms with Crippen LogP contribution < -0.4 is 0 Å². The SMILES string of the molecule is CCCC(N=C=O)N=[N+]=[N-]. The molecule has 1 unspecified atom stereocenters. The lowest BCUT2D eigenvalue weighted by atomic mass is 10.3. The van der Waals surface area contributed by atoms with E-state index < -0.39 is 6.17 Å². The summed E-state index contributed by atoms with van der Waals surface area (Å²) in [5, 5.41) is 3.26. The Labute approximate surface area is 58.4 Å². The molecule has 0 fully saturated rings. The van der Waals surface area contributed by atoms with Crippen LogP contribution in [0.4, 0.5) is 0 Å². The van der Waals surface area contributed by atoms with Gasteiger partial charge in [-0.1, -0.05) is 18.5 Å². The largest absolute Gasteiger partial charge is 0.235 e. The maximum atomic E-state index is 9.69. The molecule has 0 aromatic rings. The van der Waals surface area contributed by atoms with Crippen molar-refractivity contribution in [1.82, 2.24) is 0 Å². The molecule has 0 aliphatic rings. The lowest BCUT2D eigenvalue weighted by Crippen LogP contribution is -1.96. The van der Waals surface area contributed by atoms with Crippen molar-refractivity contribution in [1.29, 1.82) is 0 Å². The van der Waals surface area contributed by atoms with Gasteiger partial charge in [-0.15, -0.1) is 0 Å². The number of carbonyl (C=O) groups excluding carboxylic acids is 1. The summed E-state index contributed by atoms with van der Waals surface area (Å²) in [6, 6.07) is 0. The lowest BCUT2D eigenvalue weighted by molar-refractivity contribution is 0.550. The van der Waals surface area contributed by atoms with Crippen molar-refractivity contribution in [3.05, 3.63) is 10.4 Å². The van der Waals surface area contributed by atoms with Crippen molar-refractivity contribution in [2.24, 2.45) is 10.1 Å². The first kappa shape index (κ1) is 8.69. The minimum atomic E-state index is -0.563. The van der Waals surface area contributed by atoms with Crippen molar-refractivity contribution < 1.29 is 4.79 Å². The molecule has 0 spiro atoms. The first-order chi connectivity index (χ1) is 4.85. The molecule has 0 saturated carbocycles. The first-order valence-corrected chi connectivity index (χ1v) is 2.96. The van der Waals surface area contributed by atoms with Crippen molar-refractivity contribution in [2.75, 3.05) is 0 Å². The number of hydrogen-bond donors (Lipinski definition) is 0. The third-order valence-electron chi connectivity index (χ3n) is 0.934. The molecule has 5 nitrogen and oxygen atoms in total. The van der Waals surface area contributed by atoms with E-state index >= 15 is 0 Å². The zero-order valence-corrected chi connectivity index (χ0v) is 5.69. The molecule has 0 rings (SSSR count). The van der Waals surface area contributed by atoms with Crippen LogP contribution in [0.5, 0.6) is 0 Å². The zero-order valence-electron chi connectivity index (χ0n) is 5.69. The van der Waals surface area contributed by atoms with Gasteiger partial charge < -0.3 is 0 Å². The summed E-state index contributed by atoms with van der Waals surface area (Å²) in [6.45, 7) is 1.92. The number of azide groups is 1. The van der Waals surface area contributed by atoms with Crippen LogP contribution in [0.2, 0.25) is 0 Å². The number of nitrogens with zero attached hydrogens (tertiary/aromatic N) is 4. The number of isocyanates is 1. The van der Waals surface area contributed by atoms with E-state index in [0.29, 0.717) is 6.42 Å². The van der Waals surface area contributed by atoms with Crippen LogP contribution in [0.25, 0.3) is 10.4 Å². The first-order valence-electron chi connectivity index (χ1n) is 2.96. The normalized spacial score (nSPS) is 10.9. The highest BCUT2D eigenvalue weighted by Crippen LogP contribution is 2.01. The van der Waals surface area contributed by atoms with Gasteiger partial charge >= 0.3 is 0 Å². The van der Waals surface area contributed by atoms with Gasteiger partial charge in [-0.3, -0.25) is 0 Å². The van der Waals surface area contributed by atoms with Gasteiger partial charge in [0.2, 0.25) is 6.08 Å². The van der Waals surface area contributed by atoms with Crippen LogP contribution >= 0.6 is 0 Å². The van der Waals surface area contributed by atoms with Crippen molar-refractivity contribution >= 4 is 6.08 Å². The van der Waals surface area contributed by atoms with Gasteiger partial charge in [-0.25, -0.2) is 4.79 Å². The van der Waals surface area contributed by atoms with E-state index in [1.165, 1.54) is 6.08 Å². The third kappa shape index (κ3) is 3.66. The van der Waals surface area contributed by atoms with Gasteiger partial charge in [0.25, 0.3) is 0 Å². The second-order valence-electron chi connectivity index (χ2n) is 1.69. The van der Waals surface area contributed by atoms with Crippen molar-refractivity contribution in [2.45, 2.75) is 25.9 Å². The maximum Gasteiger partial charge on any atom is 0.235 e. The van der Waals surface area contributed by atoms with Gasteiger partial charge in [0, 0.05) is 4.91 Å². The average molecular weight is 140 g/mol. The average Bonchev–Trinajstić information content (AvgIpc) is 1.90. The Bertz CT molecular complexity index is 160. The van der Waals surface area contributed by atoms with Crippen LogP contribution in [0.15, 0.2) is 10.1 Å². The highest BCUT2D eigenvalue weighted by atomic mass is 16.1. The van der Waals surface area contributed by atoms with E-state index in [0.717, 1.165) is 6.42 Å². The molecule has 0 aromatic carbocycles. The Kier molecular flexibility index (Phi) is 5.06. The predicted octanol–water partition coefficient (Wildman–Crippen LogP) is 1.76. The summed E-state index contributed by atoms with van der Waals surface area (Å²) in [5.41, 5.74) is 7.96. The fourth-order valence-electron chi connectivity index (χ4n) is 0.527.